The normalized spacial score (nSPS) is 14.3. The minimum Gasteiger partial charge on any atom is -0.493 e. The van der Waals surface area contributed by atoms with Crippen LogP contribution in [0.1, 0.15) is 16.7 Å². The molecule has 1 heterocycles. The molecular formula is C27H22Cl2N2O4S2. The van der Waals surface area contributed by atoms with Gasteiger partial charge in [0.2, 0.25) is 0 Å². The fourth-order valence-electron chi connectivity index (χ4n) is 3.71. The predicted molar refractivity (Wildman–Crippen MR) is 155 cm³/mol. The van der Waals surface area contributed by atoms with E-state index in [9.17, 15) is 9.59 Å². The minimum atomic E-state index is -0.375. The van der Waals surface area contributed by atoms with Gasteiger partial charge in [-0.25, -0.2) is 0 Å². The number of halogens is 2. The number of carbonyl (C=O) groups is 2. The van der Waals surface area contributed by atoms with Crippen LogP contribution < -0.4 is 19.7 Å². The summed E-state index contributed by atoms with van der Waals surface area (Å²) >= 11 is 19.1. The molecular weight excluding hydrogens is 551 g/mol. The molecule has 0 atom stereocenters. The van der Waals surface area contributed by atoms with Crippen molar-refractivity contribution in [2.24, 2.45) is 0 Å². The molecule has 0 unspecified atom stereocenters. The third kappa shape index (κ3) is 6.27. The first-order valence-electron chi connectivity index (χ1n) is 11.1. The average molecular weight is 574 g/mol. The first kappa shape index (κ1) is 27.0. The molecule has 0 radical (unpaired) electrons. The van der Waals surface area contributed by atoms with Gasteiger partial charge in [-0.2, -0.15) is 0 Å². The number of carbonyl (C=O) groups excluding carboxylic acids is 2. The Morgan fingerprint density at radius 1 is 1.11 bits per heavy atom. The summed E-state index contributed by atoms with van der Waals surface area (Å²) in [6.45, 7) is 3.66. The van der Waals surface area contributed by atoms with Crippen LogP contribution in [0.4, 0.5) is 11.4 Å². The third-order valence-corrected chi connectivity index (χ3v) is 7.25. The number of nitrogens with one attached hydrogen (secondary N) is 1. The van der Waals surface area contributed by atoms with E-state index in [1.54, 1.807) is 42.5 Å². The monoisotopic (exact) mass is 572 g/mol. The molecule has 0 saturated carbocycles. The Hall–Kier alpha value is -3.04. The number of anilines is 2. The maximum Gasteiger partial charge on any atom is 0.270 e. The van der Waals surface area contributed by atoms with Crippen molar-refractivity contribution in [3.05, 3.63) is 86.2 Å². The molecule has 4 rings (SSSR count). The summed E-state index contributed by atoms with van der Waals surface area (Å²) in [7, 11) is 1.47. The van der Waals surface area contributed by atoms with Crippen LogP contribution in [0.25, 0.3) is 6.08 Å². The van der Waals surface area contributed by atoms with Crippen molar-refractivity contribution < 1.29 is 19.1 Å². The van der Waals surface area contributed by atoms with Crippen molar-refractivity contribution >= 4 is 80.8 Å². The number of methoxy groups -OCH3 is 1. The Morgan fingerprint density at radius 2 is 1.84 bits per heavy atom. The molecule has 6 nitrogen and oxygen atoms in total. The van der Waals surface area contributed by atoms with Gasteiger partial charge in [0.1, 0.15) is 0 Å². The van der Waals surface area contributed by atoms with Gasteiger partial charge >= 0.3 is 0 Å². The maximum absolute atomic E-state index is 13.2. The number of hydrogen-bond acceptors (Lipinski definition) is 6. The Balaban J connectivity index is 1.51. The van der Waals surface area contributed by atoms with Gasteiger partial charge in [-0.15, -0.1) is 0 Å². The maximum atomic E-state index is 13.2. The fourth-order valence-corrected chi connectivity index (χ4v) is 5.40. The standard InChI is InChI=1S/C27H22Cl2N2O4S2/c1-15-4-9-21(16(2)10-15)31-26(33)23(37-27(31)36)13-17-11-20(29)25(22(12-17)34-3)35-14-24(32)30-19-7-5-18(28)6-8-19/h4-13H,14H2,1-3H3,(H,30,32)/b23-13-. The van der Waals surface area contributed by atoms with Gasteiger partial charge in [-0.3, -0.25) is 14.5 Å². The van der Waals surface area contributed by atoms with Gasteiger partial charge in [0, 0.05) is 10.7 Å². The predicted octanol–water partition coefficient (Wildman–Crippen LogP) is 7.04. The lowest BCUT2D eigenvalue weighted by molar-refractivity contribution is -0.118. The molecule has 190 valence electrons. The number of amides is 2. The first-order valence-corrected chi connectivity index (χ1v) is 13.1. The molecule has 3 aromatic rings. The molecule has 1 N–H and O–H groups in total. The van der Waals surface area contributed by atoms with Crippen LogP contribution >= 0.6 is 47.2 Å². The van der Waals surface area contributed by atoms with E-state index in [1.165, 1.54) is 23.8 Å². The highest BCUT2D eigenvalue weighted by Gasteiger charge is 2.34. The van der Waals surface area contributed by atoms with Crippen LogP contribution in [0, 0.1) is 13.8 Å². The van der Waals surface area contributed by atoms with Crippen molar-refractivity contribution in [2.75, 3.05) is 23.9 Å². The summed E-state index contributed by atoms with van der Waals surface area (Å²) < 4.78 is 11.6. The molecule has 0 aromatic heterocycles. The van der Waals surface area contributed by atoms with Crippen LogP contribution in [-0.4, -0.2) is 29.9 Å². The molecule has 1 aliphatic rings. The molecule has 1 aliphatic heterocycles. The van der Waals surface area contributed by atoms with Gasteiger partial charge in [-0.1, -0.05) is 64.9 Å². The number of benzene rings is 3. The second kappa shape index (κ2) is 11.6. The van der Waals surface area contributed by atoms with E-state index in [1.807, 2.05) is 32.0 Å². The summed E-state index contributed by atoms with van der Waals surface area (Å²) in [4.78, 5) is 27.5. The highest BCUT2D eigenvalue weighted by Crippen LogP contribution is 2.40. The fraction of sp³-hybridized carbons (Fsp3) is 0.148. The summed E-state index contributed by atoms with van der Waals surface area (Å²) in [6.07, 6.45) is 1.70. The summed E-state index contributed by atoms with van der Waals surface area (Å²) in [6, 6.07) is 15.9. The van der Waals surface area contributed by atoms with Gasteiger partial charge in [0.05, 0.1) is 22.7 Å². The number of hydrogen-bond donors (Lipinski definition) is 1. The zero-order valence-corrected chi connectivity index (χ0v) is 23.3. The van der Waals surface area contributed by atoms with E-state index in [0.29, 0.717) is 31.2 Å². The van der Waals surface area contributed by atoms with E-state index in [2.05, 4.69) is 5.32 Å². The van der Waals surface area contributed by atoms with Gasteiger partial charge in [0.15, 0.2) is 22.4 Å². The number of nitrogens with zero attached hydrogens (tertiary/aromatic N) is 1. The third-order valence-electron chi connectivity index (χ3n) is 5.41. The largest absolute Gasteiger partial charge is 0.493 e. The Kier molecular flexibility index (Phi) is 8.44. The first-order chi connectivity index (χ1) is 17.7. The Morgan fingerprint density at radius 3 is 2.51 bits per heavy atom. The highest BCUT2D eigenvalue weighted by molar-refractivity contribution is 8.27. The van der Waals surface area contributed by atoms with E-state index in [4.69, 9.17) is 44.9 Å². The molecule has 37 heavy (non-hydrogen) atoms. The lowest BCUT2D eigenvalue weighted by Gasteiger charge is -2.17. The van der Waals surface area contributed by atoms with E-state index in [0.717, 1.165) is 16.8 Å². The topological polar surface area (TPSA) is 67.9 Å². The number of aryl methyl sites for hydroxylation is 2. The summed E-state index contributed by atoms with van der Waals surface area (Å²) in [5.74, 6) is -0.0471. The Bertz CT molecular complexity index is 1420. The zero-order valence-electron chi connectivity index (χ0n) is 20.1. The van der Waals surface area contributed by atoms with E-state index >= 15 is 0 Å². The van der Waals surface area contributed by atoms with Crippen molar-refractivity contribution in [1.82, 2.24) is 0 Å². The van der Waals surface area contributed by atoms with Crippen LogP contribution in [0.3, 0.4) is 0 Å². The lowest BCUT2D eigenvalue weighted by atomic mass is 10.1. The number of thiocarbonyl (C=S) groups is 1. The van der Waals surface area contributed by atoms with Gasteiger partial charge < -0.3 is 14.8 Å². The van der Waals surface area contributed by atoms with Crippen molar-refractivity contribution in [1.29, 1.82) is 0 Å². The molecule has 3 aromatic carbocycles. The second-order valence-electron chi connectivity index (χ2n) is 8.18. The zero-order chi connectivity index (χ0) is 26.7. The van der Waals surface area contributed by atoms with Crippen LogP contribution in [-0.2, 0) is 9.59 Å². The molecule has 0 bridgehead atoms. The van der Waals surface area contributed by atoms with Crippen molar-refractivity contribution in [3.63, 3.8) is 0 Å². The average Bonchev–Trinajstić information content (AvgIpc) is 3.12. The lowest BCUT2D eigenvalue weighted by Crippen LogP contribution is -2.28. The highest BCUT2D eigenvalue weighted by atomic mass is 35.5. The second-order valence-corrected chi connectivity index (χ2v) is 10.7. The van der Waals surface area contributed by atoms with Crippen molar-refractivity contribution in [2.45, 2.75) is 13.8 Å². The SMILES string of the molecule is COc1cc(/C=C2\SC(=S)N(c3ccc(C)cc3C)C2=O)cc(Cl)c1OCC(=O)Nc1ccc(Cl)cc1. The molecule has 0 aliphatic carbocycles. The van der Waals surface area contributed by atoms with E-state index in [-0.39, 0.29) is 29.2 Å². The number of thioether (sulfide) groups is 1. The minimum absolute atomic E-state index is 0.212. The van der Waals surface area contributed by atoms with E-state index < -0.39 is 0 Å². The summed E-state index contributed by atoms with van der Waals surface area (Å²) in [5, 5.41) is 3.52. The number of rotatable bonds is 7. The quantitative estimate of drug-likeness (QED) is 0.242. The van der Waals surface area contributed by atoms with Crippen LogP contribution in [0.5, 0.6) is 11.5 Å². The van der Waals surface area contributed by atoms with Crippen LogP contribution in [0.2, 0.25) is 10.0 Å². The van der Waals surface area contributed by atoms with Crippen molar-refractivity contribution in [3.8, 4) is 11.5 Å². The van der Waals surface area contributed by atoms with Crippen LogP contribution in [0.15, 0.2) is 59.5 Å². The number of ether oxygens (including phenoxy) is 2. The molecule has 1 fully saturated rings. The van der Waals surface area contributed by atoms with Gasteiger partial charge in [-0.05, 0) is 73.5 Å². The molecule has 1 saturated heterocycles. The molecule has 2 amide bonds. The summed E-state index contributed by atoms with van der Waals surface area (Å²) in [5.41, 5.74) is 4.04. The molecule has 0 spiro atoms. The molecule has 10 heteroatoms. The van der Waals surface area contributed by atoms with Gasteiger partial charge in [0.25, 0.3) is 11.8 Å². The smallest absolute Gasteiger partial charge is 0.270 e. The Labute approximate surface area is 234 Å².